The fourth-order valence-electron chi connectivity index (χ4n) is 1.80. The van der Waals surface area contributed by atoms with Crippen LogP contribution in [0.25, 0.3) is 0 Å². The van der Waals surface area contributed by atoms with Crippen molar-refractivity contribution in [2.75, 3.05) is 12.3 Å². The van der Waals surface area contributed by atoms with Crippen molar-refractivity contribution >= 4 is 17.7 Å². The average Bonchev–Trinajstić information content (AvgIpc) is 2.78. The Kier molecular flexibility index (Phi) is 6.45. The van der Waals surface area contributed by atoms with Crippen LogP contribution in [0.5, 0.6) is 0 Å². The van der Waals surface area contributed by atoms with E-state index in [1.807, 2.05) is 19.9 Å². The van der Waals surface area contributed by atoms with Gasteiger partial charge in [-0.25, -0.2) is 0 Å². The molecule has 0 aromatic carbocycles. The summed E-state index contributed by atoms with van der Waals surface area (Å²) in [5.41, 5.74) is -0.817. The summed E-state index contributed by atoms with van der Waals surface area (Å²) in [6.45, 7) is 6.47. The molecule has 108 valence electrons. The van der Waals surface area contributed by atoms with Crippen LogP contribution in [0.2, 0.25) is 0 Å². The highest BCUT2D eigenvalue weighted by Gasteiger charge is 2.31. The summed E-state index contributed by atoms with van der Waals surface area (Å²) in [5, 5.41) is 12.4. The lowest BCUT2D eigenvalue weighted by Gasteiger charge is -2.26. The highest BCUT2D eigenvalue weighted by atomic mass is 32.2. The minimum atomic E-state index is -0.817. The number of aliphatic carboxylic acids is 1. The van der Waals surface area contributed by atoms with Gasteiger partial charge in [-0.15, -0.1) is 11.8 Å². The van der Waals surface area contributed by atoms with Crippen molar-refractivity contribution in [3.63, 3.8) is 0 Å². The third-order valence-electron chi connectivity index (χ3n) is 3.13. The van der Waals surface area contributed by atoms with Crippen molar-refractivity contribution in [3.8, 4) is 0 Å². The molecule has 1 aromatic heterocycles. The number of rotatable bonds is 9. The number of thioether (sulfide) groups is 1. The van der Waals surface area contributed by atoms with Gasteiger partial charge in [0.1, 0.15) is 11.3 Å². The molecule has 0 saturated heterocycles. The maximum Gasteiger partial charge on any atom is 0.323 e. The van der Waals surface area contributed by atoms with Crippen molar-refractivity contribution in [3.05, 3.63) is 18.1 Å². The minimum absolute atomic E-state index is 0.631. The van der Waals surface area contributed by atoms with Gasteiger partial charge in [-0.1, -0.05) is 6.92 Å². The molecular formula is C14H23NO3S. The second-order valence-corrected chi connectivity index (χ2v) is 5.99. The van der Waals surface area contributed by atoms with Crippen molar-refractivity contribution in [2.24, 2.45) is 0 Å². The smallest absolute Gasteiger partial charge is 0.323 e. The summed E-state index contributed by atoms with van der Waals surface area (Å²) in [7, 11) is 0. The molecule has 1 unspecified atom stereocenters. The third-order valence-corrected chi connectivity index (χ3v) is 4.35. The van der Waals surface area contributed by atoms with Crippen LogP contribution in [-0.4, -0.2) is 28.9 Å². The maximum absolute atomic E-state index is 11.3. The normalized spacial score (nSPS) is 14.3. The Morgan fingerprint density at radius 2 is 2.32 bits per heavy atom. The zero-order valence-electron chi connectivity index (χ0n) is 11.9. The summed E-state index contributed by atoms with van der Waals surface area (Å²) >= 11 is 1.72. The van der Waals surface area contributed by atoms with Crippen molar-refractivity contribution in [1.82, 2.24) is 5.32 Å². The molecule has 0 bridgehead atoms. The first-order valence-corrected chi connectivity index (χ1v) is 7.63. The van der Waals surface area contributed by atoms with Gasteiger partial charge in [0, 0.05) is 4.90 Å². The van der Waals surface area contributed by atoms with Crippen LogP contribution in [0, 0.1) is 6.92 Å². The molecular weight excluding hydrogens is 262 g/mol. The number of carboxylic acid groups (broad SMARTS) is 1. The quantitative estimate of drug-likeness (QED) is 0.538. The van der Waals surface area contributed by atoms with E-state index < -0.39 is 11.5 Å². The van der Waals surface area contributed by atoms with Crippen LogP contribution in [0.1, 0.15) is 38.9 Å². The van der Waals surface area contributed by atoms with Gasteiger partial charge in [-0.3, -0.25) is 4.79 Å². The summed E-state index contributed by atoms with van der Waals surface area (Å²) in [6, 6.07) is 1.95. The van der Waals surface area contributed by atoms with Gasteiger partial charge in [-0.05, 0) is 51.5 Å². The van der Waals surface area contributed by atoms with Gasteiger partial charge in [-0.2, -0.15) is 0 Å². The molecule has 1 rings (SSSR count). The first-order chi connectivity index (χ1) is 8.99. The first-order valence-electron chi connectivity index (χ1n) is 6.65. The van der Waals surface area contributed by atoms with E-state index in [1.165, 1.54) is 0 Å². The first kappa shape index (κ1) is 16.1. The second-order valence-electron chi connectivity index (χ2n) is 4.86. The maximum atomic E-state index is 11.3. The van der Waals surface area contributed by atoms with Gasteiger partial charge in [0.05, 0.1) is 6.26 Å². The minimum Gasteiger partial charge on any atom is -0.480 e. The molecule has 19 heavy (non-hydrogen) atoms. The Balaban J connectivity index is 2.36. The van der Waals surface area contributed by atoms with Crippen LogP contribution in [0.4, 0.5) is 0 Å². The summed E-state index contributed by atoms with van der Waals surface area (Å²) in [6.07, 6.45) is 4.11. The highest BCUT2D eigenvalue weighted by Crippen LogP contribution is 2.25. The standard InChI is InChI=1S/C14H23NO3S/c1-4-8-15-14(3,13(16)17)7-5-10-19-12-6-9-18-11(12)2/h6,9,15H,4-5,7-8,10H2,1-3H3,(H,16,17). The van der Waals surface area contributed by atoms with Gasteiger partial charge in [0.15, 0.2) is 0 Å². The molecule has 1 heterocycles. The summed E-state index contributed by atoms with van der Waals surface area (Å²) < 4.78 is 5.23. The van der Waals surface area contributed by atoms with E-state index in [2.05, 4.69) is 5.32 Å². The van der Waals surface area contributed by atoms with Gasteiger partial charge < -0.3 is 14.8 Å². The number of carbonyl (C=O) groups is 1. The molecule has 0 aliphatic carbocycles. The topological polar surface area (TPSA) is 62.5 Å². The van der Waals surface area contributed by atoms with E-state index in [1.54, 1.807) is 24.9 Å². The Labute approximate surface area is 119 Å². The molecule has 0 amide bonds. The van der Waals surface area contributed by atoms with Crippen LogP contribution in [0.3, 0.4) is 0 Å². The molecule has 4 nitrogen and oxygen atoms in total. The van der Waals surface area contributed by atoms with Crippen LogP contribution in [-0.2, 0) is 4.79 Å². The largest absolute Gasteiger partial charge is 0.480 e. The lowest BCUT2D eigenvalue weighted by atomic mass is 9.96. The molecule has 1 atom stereocenters. The molecule has 0 radical (unpaired) electrons. The van der Waals surface area contributed by atoms with E-state index >= 15 is 0 Å². The van der Waals surface area contributed by atoms with Crippen molar-refractivity contribution in [2.45, 2.75) is 50.5 Å². The Bertz CT molecular complexity index is 405. The van der Waals surface area contributed by atoms with Gasteiger partial charge in [0.25, 0.3) is 0 Å². The predicted octanol–water partition coefficient (Wildman–Crippen LogP) is 3.30. The average molecular weight is 285 g/mol. The highest BCUT2D eigenvalue weighted by molar-refractivity contribution is 7.99. The molecule has 5 heteroatoms. The monoisotopic (exact) mass is 285 g/mol. The molecule has 0 saturated carbocycles. The second kappa shape index (κ2) is 7.60. The number of aryl methyl sites for hydroxylation is 1. The number of hydrogen-bond acceptors (Lipinski definition) is 4. The van der Waals surface area contributed by atoms with Crippen LogP contribution in [0.15, 0.2) is 21.6 Å². The van der Waals surface area contributed by atoms with Crippen LogP contribution >= 0.6 is 11.8 Å². The zero-order chi connectivity index (χ0) is 14.3. The molecule has 0 fully saturated rings. The van der Waals surface area contributed by atoms with E-state index in [0.717, 1.165) is 35.8 Å². The van der Waals surface area contributed by atoms with E-state index in [-0.39, 0.29) is 0 Å². The van der Waals surface area contributed by atoms with E-state index in [4.69, 9.17) is 4.42 Å². The molecule has 0 spiro atoms. The Morgan fingerprint density at radius 1 is 1.58 bits per heavy atom. The molecule has 1 aromatic rings. The fourth-order valence-corrected chi connectivity index (χ4v) is 2.71. The third kappa shape index (κ3) is 4.91. The van der Waals surface area contributed by atoms with Crippen molar-refractivity contribution < 1.29 is 14.3 Å². The Hall–Kier alpha value is -0.940. The van der Waals surface area contributed by atoms with Crippen molar-refractivity contribution in [1.29, 1.82) is 0 Å². The number of furan rings is 1. The zero-order valence-corrected chi connectivity index (χ0v) is 12.7. The molecule has 0 aliphatic rings. The number of hydrogen-bond donors (Lipinski definition) is 2. The van der Waals surface area contributed by atoms with Gasteiger partial charge in [0.2, 0.25) is 0 Å². The molecule has 0 aliphatic heterocycles. The number of carboxylic acids is 1. The van der Waals surface area contributed by atoms with Crippen LogP contribution < -0.4 is 5.32 Å². The summed E-state index contributed by atoms with van der Waals surface area (Å²) in [5.74, 6) is 1.05. The lowest BCUT2D eigenvalue weighted by molar-refractivity contribution is -0.144. The SMILES string of the molecule is CCCNC(C)(CCCSc1ccoc1C)C(=O)O. The Morgan fingerprint density at radius 3 is 2.84 bits per heavy atom. The molecule has 2 N–H and O–H groups in total. The lowest BCUT2D eigenvalue weighted by Crippen LogP contribution is -2.49. The predicted molar refractivity (Wildman–Crippen MR) is 77.7 cm³/mol. The number of nitrogens with one attached hydrogen (secondary N) is 1. The summed E-state index contributed by atoms with van der Waals surface area (Å²) in [4.78, 5) is 12.5. The fraction of sp³-hybridized carbons (Fsp3) is 0.643. The van der Waals surface area contributed by atoms with Gasteiger partial charge >= 0.3 is 5.97 Å². The van der Waals surface area contributed by atoms with E-state index in [9.17, 15) is 9.90 Å². The van der Waals surface area contributed by atoms with E-state index in [0.29, 0.717) is 6.42 Å².